The minimum Gasteiger partial charge on any atom is -1.00 e. The highest BCUT2D eigenvalue weighted by Crippen LogP contribution is 2.38. The van der Waals surface area contributed by atoms with E-state index in [0.717, 1.165) is 25.1 Å². The number of benzene rings is 2. The van der Waals surface area contributed by atoms with Crippen LogP contribution < -0.4 is 31.9 Å². The molecule has 2 N–H and O–H groups in total. The summed E-state index contributed by atoms with van der Waals surface area (Å²) in [5.74, 6) is 1.97. The van der Waals surface area contributed by atoms with Crippen molar-refractivity contribution in [2.24, 2.45) is 0 Å². The Bertz CT molecular complexity index is 823. The molecule has 0 saturated heterocycles. The van der Waals surface area contributed by atoms with Crippen LogP contribution in [0.5, 0.6) is 17.2 Å². The fraction of sp³-hybridized carbons (Fsp3) is 0.300. The van der Waals surface area contributed by atoms with Gasteiger partial charge in [-0.2, -0.15) is 0 Å². The van der Waals surface area contributed by atoms with Gasteiger partial charge in [-0.25, -0.2) is 0 Å². The molecule has 0 unspecified atom stereocenters. The van der Waals surface area contributed by atoms with Gasteiger partial charge in [-0.15, -0.1) is 0 Å². The lowest BCUT2D eigenvalue weighted by Gasteiger charge is -2.14. The Kier molecular flexibility index (Phi) is 7.18. The van der Waals surface area contributed by atoms with E-state index in [1.165, 1.54) is 16.5 Å². The fourth-order valence-corrected chi connectivity index (χ4v) is 3.03. The summed E-state index contributed by atoms with van der Waals surface area (Å²) in [5, 5.41) is 4.77. The third kappa shape index (κ3) is 4.23. The second-order valence-corrected chi connectivity index (χ2v) is 5.82. The Labute approximate surface area is 160 Å². The molecule has 0 atom stereocenters. The minimum atomic E-state index is 0. The van der Waals surface area contributed by atoms with Crippen molar-refractivity contribution in [1.29, 1.82) is 0 Å². The zero-order chi connectivity index (χ0) is 17.6. The molecule has 0 aliphatic heterocycles. The highest BCUT2D eigenvalue weighted by atomic mass is 35.5. The van der Waals surface area contributed by atoms with E-state index in [2.05, 4.69) is 34.7 Å². The molecule has 1 aromatic heterocycles. The van der Waals surface area contributed by atoms with Crippen molar-refractivity contribution in [3.05, 3.63) is 53.7 Å². The Morgan fingerprint density at radius 2 is 1.65 bits per heavy atom. The summed E-state index contributed by atoms with van der Waals surface area (Å²) in [6.45, 7) is 1.62. The van der Waals surface area contributed by atoms with Crippen LogP contribution in [-0.2, 0) is 13.0 Å². The molecule has 0 aliphatic rings. The molecule has 6 heteroatoms. The van der Waals surface area contributed by atoms with Crippen LogP contribution >= 0.6 is 0 Å². The molecular weight excluding hydrogens is 352 g/mol. The molecular formula is C20H24ClN2O3-. The highest BCUT2D eigenvalue weighted by Gasteiger charge is 2.12. The van der Waals surface area contributed by atoms with Crippen molar-refractivity contribution in [2.75, 3.05) is 27.9 Å². The molecule has 0 spiro atoms. The second kappa shape index (κ2) is 9.36. The number of nitrogens with one attached hydrogen (secondary N) is 2. The third-order valence-electron chi connectivity index (χ3n) is 4.30. The Morgan fingerprint density at radius 3 is 2.31 bits per heavy atom. The quantitative estimate of drug-likeness (QED) is 0.564. The summed E-state index contributed by atoms with van der Waals surface area (Å²) in [7, 11) is 4.87. The normalized spacial score (nSPS) is 10.4. The lowest BCUT2D eigenvalue weighted by Crippen LogP contribution is -3.00. The minimum absolute atomic E-state index is 0. The predicted octanol–water partition coefficient (Wildman–Crippen LogP) is 0.530. The molecule has 0 amide bonds. The molecule has 26 heavy (non-hydrogen) atoms. The van der Waals surface area contributed by atoms with Gasteiger partial charge in [0.15, 0.2) is 11.5 Å². The van der Waals surface area contributed by atoms with Gasteiger partial charge < -0.3 is 36.9 Å². The zero-order valence-corrected chi connectivity index (χ0v) is 16.0. The van der Waals surface area contributed by atoms with Gasteiger partial charge in [-0.05, 0) is 42.3 Å². The first-order valence-electron chi connectivity index (χ1n) is 8.31. The maximum Gasteiger partial charge on any atom is 0.203 e. The van der Waals surface area contributed by atoms with Gasteiger partial charge >= 0.3 is 0 Å². The maximum atomic E-state index is 5.40. The van der Waals surface area contributed by atoms with Crippen LogP contribution in [0, 0.1) is 0 Å². The Balaban J connectivity index is 0.00000243. The van der Waals surface area contributed by atoms with Gasteiger partial charge in [0.25, 0.3) is 0 Å². The lowest BCUT2D eigenvalue weighted by molar-refractivity contribution is -0.00000592. The molecule has 140 valence electrons. The standard InChI is InChI=1S/C20H24N2O3.ClH/c1-23-18-10-14(11-19(24-2)20(18)25-3)12-21-9-8-15-13-22-17-7-5-4-6-16(15)17;/h4-7,10-11,13,21-22H,8-9,12H2,1-3H3;1H/p-1. The average Bonchev–Trinajstić information content (AvgIpc) is 3.07. The number of ether oxygens (including phenoxy) is 3. The Morgan fingerprint density at radius 1 is 0.962 bits per heavy atom. The highest BCUT2D eigenvalue weighted by molar-refractivity contribution is 5.83. The number of fused-ring (bicyclic) bond motifs is 1. The summed E-state index contributed by atoms with van der Waals surface area (Å²) in [5.41, 5.74) is 3.60. The van der Waals surface area contributed by atoms with Crippen molar-refractivity contribution in [3.8, 4) is 17.2 Å². The smallest absolute Gasteiger partial charge is 0.203 e. The lowest BCUT2D eigenvalue weighted by atomic mass is 10.1. The number of para-hydroxylation sites is 1. The molecule has 0 saturated carbocycles. The molecule has 0 radical (unpaired) electrons. The van der Waals surface area contributed by atoms with Crippen LogP contribution in [0.2, 0.25) is 0 Å². The number of rotatable bonds is 8. The maximum absolute atomic E-state index is 5.40. The van der Waals surface area contributed by atoms with Crippen molar-refractivity contribution >= 4 is 10.9 Å². The van der Waals surface area contributed by atoms with Crippen molar-refractivity contribution in [1.82, 2.24) is 10.3 Å². The van der Waals surface area contributed by atoms with Crippen LogP contribution in [-0.4, -0.2) is 32.9 Å². The van der Waals surface area contributed by atoms with E-state index in [9.17, 15) is 0 Å². The first-order valence-corrected chi connectivity index (χ1v) is 8.31. The fourth-order valence-electron chi connectivity index (χ4n) is 3.03. The van der Waals surface area contributed by atoms with Crippen LogP contribution in [0.3, 0.4) is 0 Å². The number of aromatic amines is 1. The number of H-pyrrole nitrogens is 1. The number of hydrogen-bond donors (Lipinski definition) is 2. The Hall–Kier alpha value is -2.37. The monoisotopic (exact) mass is 375 g/mol. The summed E-state index contributed by atoms with van der Waals surface area (Å²) < 4.78 is 16.1. The van der Waals surface area contributed by atoms with Crippen LogP contribution in [0.15, 0.2) is 42.6 Å². The predicted molar refractivity (Wildman–Crippen MR) is 99.8 cm³/mol. The first kappa shape index (κ1) is 19.9. The zero-order valence-electron chi connectivity index (χ0n) is 15.3. The summed E-state index contributed by atoms with van der Waals surface area (Å²) >= 11 is 0. The first-order chi connectivity index (χ1) is 12.3. The molecule has 1 heterocycles. The van der Waals surface area contributed by atoms with Gasteiger partial charge in [0.05, 0.1) is 21.3 Å². The van der Waals surface area contributed by atoms with Gasteiger partial charge in [-0.3, -0.25) is 0 Å². The summed E-state index contributed by atoms with van der Waals surface area (Å²) in [6, 6.07) is 12.3. The number of aromatic nitrogens is 1. The van der Waals surface area contributed by atoms with Crippen LogP contribution in [0.4, 0.5) is 0 Å². The third-order valence-corrected chi connectivity index (χ3v) is 4.30. The molecule has 3 aromatic rings. The number of methoxy groups -OCH3 is 3. The van der Waals surface area contributed by atoms with E-state index in [1.54, 1.807) is 21.3 Å². The van der Waals surface area contributed by atoms with E-state index in [4.69, 9.17) is 14.2 Å². The summed E-state index contributed by atoms with van der Waals surface area (Å²) in [4.78, 5) is 3.31. The molecule has 2 aromatic carbocycles. The van der Waals surface area contributed by atoms with Crippen molar-refractivity contribution < 1.29 is 26.6 Å². The molecule has 5 nitrogen and oxygen atoms in total. The van der Waals surface area contributed by atoms with Crippen LogP contribution in [0.25, 0.3) is 10.9 Å². The van der Waals surface area contributed by atoms with E-state index in [0.29, 0.717) is 17.2 Å². The SMILES string of the molecule is COc1cc(CNCCc2c[nH]c3ccccc23)cc(OC)c1OC.[Cl-]. The van der Waals surface area contributed by atoms with Crippen molar-refractivity contribution in [3.63, 3.8) is 0 Å². The number of hydrogen-bond acceptors (Lipinski definition) is 4. The molecule has 0 aliphatic carbocycles. The van der Waals surface area contributed by atoms with Gasteiger partial charge in [-0.1, -0.05) is 18.2 Å². The van der Waals surface area contributed by atoms with Crippen molar-refractivity contribution in [2.45, 2.75) is 13.0 Å². The molecule has 3 rings (SSSR count). The summed E-state index contributed by atoms with van der Waals surface area (Å²) in [6.07, 6.45) is 3.06. The number of halogens is 1. The van der Waals surface area contributed by atoms with Gasteiger partial charge in [0, 0.05) is 23.6 Å². The van der Waals surface area contributed by atoms with Crippen LogP contribution in [0.1, 0.15) is 11.1 Å². The average molecular weight is 376 g/mol. The van der Waals surface area contributed by atoms with E-state index in [-0.39, 0.29) is 12.4 Å². The molecule has 0 fully saturated rings. The van der Waals surface area contributed by atoms with Gasteiger partial charge in [0.2, 0.25) is 5.75 Å². The largest absolute Gasteiger partial charge is 1.00 e. The molecule has 0 bridgehead atoms. The van der Waals surface area contributed by atoms with E-state index in [1.807, 2.05) is 18.2 Å². The second-order valence-electron chi connectivity index (χ2n) is 5.82. The topological polar surface area (TPSA) is 55.5 Å². The van der Waals surface area contributed by atoms with E-state index >= 15 is 0 Å². The van der Waals surface area contributed by atoms with E-state index < -0.39 is 0 Å². The van der Waals surface area contributed by atoms with Gasteiger partial charge in [0.1, 0.15) is 0 Å².